The molecule has 1 atom stereocenters. The van der Waals surface area contributed by atoms with E-state index in [-0.39, 0.29) is 18.1 Å². The summed E-state index contributed by atoms with van der Waals surface area (Å²) in [7, 11) is 0. The van der Waals surface area contributed by atoms with Crippen molar-refractivity contribution in [3.05, 3.63) is 57.8 Å². The minimum atomic E-state index is -1.04. The topological polar surface area (TPSA) is 49.3 Å². The van der Waals surface area contributed by atoms with Crippen molar-refractivity contribution in [1.29, 1.82) is 0 Å². The third-order valence-corrected chi connectivity index (χ3v) is 4.42. The van der Waals surface area contributed by atoms with Gasteiger partial charge in [0.25, 0.3) is 5.91 Å². The predicted molar refractivity (Wildman–Crippen MR) is 82.1 cm³/mol. The average molecular weight is 325 g/mol. The van der Waals surface area contributed by atoms with Crippen LogP contribution in [-0.2, 0) is 0 Å². The Morgan fingerprint density at radius 3 is 2.68 bits per heavy atom. The highest BCUT2D eigenvalue weighted by Crippen LogP contribution is 2.26. The van der Waals surface area contributed by atoms with Gasteiger partial charge >= 0.3 is 0 Å². The third kappa shape index (κ3) is 4.35. The number of thiophene rings is 1. The zero-order chi connectivity index (χ0) is 15.9. The molecular formula is C16H17F2NO2S. The molecule has 2 N–H and O–H groups in total. The van der Waals surface area contributed by atoms with Gasteiger partial charge in [-0.2, -0.15) is 0 Å². The predicted octanol–water partition coefficient (Wildman–Crippen LogP) is 3.31. The zero-order valence-electron chi connectivity index (χ0n) is 11.9. The summed E-state index contributed by atoms with van der Waals surface area (Å²) >= 11 is 1.61. The maximum absolute atomic E-state index is 13.1. The lowest BCUT2D eigenvalue weighted by molar-refractivity contribution is 0.0951. The molecule has 0 saturated carbocycles. The minimum Gasteiger partial charge on any atom is -0.396 e. The molecule has 0 fully saturated rings. The number of amides is 1. The molecule has 0 spiro atoms. The molecule has 2 aromatic rings. The number of aliphatic hydroxyl groups is 1. The molecule has 22 heavy (non-hydrogen) atoms. The summed E-state index contributed by atoms with van der Waals surface area (Å²) in [6, 6.07) is 7.02. The molecule has 0 aliphatic heterocycles. The van der Waals surface area contributed by atoms with Crippen molar-refractivity contribution < 1.29 is 18.7 Å². The number of nitrogens with one attached hydrogen (secondary N) is 1. The first kappa shape index (κ1) is 16.6. The molecule has 1 aromatic carbocycles. The zero-order valence-corrected chi connectivity index (χ0v) is 12.7. The van der Waals surface area contributed by atoms with Gasteiger partial charge in [0.2, 0.25) is 0 Å². The van der Waals surface area contributed by atoms with Gasteiger partial charge in [-0.15, -0.1) is 11.3 Å². The van der Waals surface area contributed by atoms with Crippen LogP contribution in [0.3, 0.4) is 0 Å². The van der Waals surface area contributed by atoms with E-state index < -0.39 is 17.5 Å². The monoisotopic (exact) mass is 325 g/mol. The average Bonchev–Trinajstić information content (AvgIpc) is 3.03. The van der Waals surface area contributed by atoms with E-state index in [0.717, 1.165) is 17.0 Å². The number of carbonyl (C=O) groups excluding carboxylic acids is 1. The van der Waals surface area contributed by atoms with Crippen molar-refractivity contribution in [3.63, 3.8) is 0 Å². The maximum atomic E-state index is 13.1. The molecule has 1 heterocycles. The number of carbonyl (C=O) groups is 1. The molecule has 1 unspecified atom stereocenters. The first-order valence-corrected chi connectivity index (χ1v) is 7.87. The van der Waals surface area contributed by atoms with Gasteiger partial charge in [0.15, 0.2) is 11.6 Å². The standard InChI is InChI=1S/C16H17F2NO2S/c17-13-4-3-12(10-14(13)18)16(21)19-7-5-11(6-8-20)15-2-1-9-22-15/h1-4,9-11,20H,5-8H2,(H,19,21). The summed E-state index contributed by atoms with van der Waals surface area (Å²) in [5.74, 6) is -2.27. The van der Waals surface area contributed by atoms with E-state index in [1.165, 1.54) is 6.07 Å². The third-order valence-electron chi connectivity index (χ3n) is 3.38. The fourth-order valence-electron chi connectivity index (χ4n) is 2.21. The second kappa shape index (κ2) is 8.00. The van der Waals surface area contributed by atoms with Crippen LogP contribution < -0.4 is 5.32 Å². The highest BCUT2D eigenvalue weighted by atomic mass is 32.1. The second-order valence-electron chi connectivity index (χ2n) is 4.90. The smallest absolute Gasteiger partial charge is 0.251 e. The quantitative estimate of drug-likeness (QED) is 0.820. The summed E-state index contributed by atoms with van der Waals surface area (Å²) in [5, 5.41) is 13.8. The van der Waals surface area contributed by atoms with E-state index in [9.17, 15) is 13.6 Å². The van der Waals surface area contributed by atoms with Crippen molar-refractivity contribution >= 4 is 17.2 Å². The Morgan fingerprint density at radius 2 is 2.05 bits per heavy atom. The minimum absolute atomic E-state index is 0.0830. The fourth-order valence-corrected chi connectivity index (χ4v) is 3.11. The van der Waals surface area contributed by atoms with Crippen LogP contribution in [0.25, 0.3) is 0 Å². The first-order valence-electron chi connectivity index (χ1n) is 6.99. The Balaban J connectivity index is 1.88. The van der Waals surface area contributed by atoms with Gasteiger partial charge < -0.3 is 10.4 Å². The molecule has 1 amide bonds. The van der Waals surface area contributed by atoms with Crippen LogP contribution >= 0.6 is 11.3 Å². The van der Waals surface area contributed by atoms with E-state index in [2.05, 4.69) is 5.32 Å². The number of hydrogen-bond acceptors (Lipinski definition) is 3. The van der Waals surface area contributed by atoms with Gasteiger partial charge in [-0.3, -0.25) is 4.79 Å². The highest BCUT2D eigenvalue weighted by Gasteiger charge is 2.14. The van der Waals surface area contributed by atoms with Crippen molar-refractivity contribution in [2.24, 2.45) is 0 Å². The summed E-state index contributed by atoms with van der Waals surface area (Å²) < 4.78 is 25.9. The Kier molecular flexibility index (Phi) is 6.03. The van der Waals surface area contributed by atoms with Gasteiger partial charge in [0.05, 0.1) is 0 Å². The molecule has 0 bridgehead atoms. The van der Waals surface area contributed by atoms with E-state index in [0.29, 0.717) is 19.4 Å². The van der Waals surface area contributed by atoms with E-state index in [1.54, 1.807) is 11.3 Å². The lowest BCUT2D eigenvalue weighted by Gasteiger charge is -2.14. The van der Waals surface area contributed by atoms with Gasteiger partial charge in [-0.05, 0) is 48.4 Å². The van der Waals surface area contributed by atoms with Crippen molar-refractivity contribution in [1.82, 2.24) is 5.32 Å². The first-order chi connectivity index (χ1) is 10.6. The summed E-state index contributed by atoms with van der Waals surface area (Å²) in [6.45, 7) is 0.486. The summed E-state index contributed by atoms with van der Waals surface area (Å²) in [6.07, 6.45) is 1.30. The van der Waals surface area contributed by atoms with E-state index in [1.807, 2.05) is 17.5 Å². The summed E-state index contributed by atoms with van der Waals surface area (Å²) in [4.78, 5) is 13.1. The van der Waals surface area contributed by atoms with Crippen LogP contribution in [0, 0.1) is 11.6 Å². The molecule has 0 aliphatic carbocycles. The number of rotatable bonds is 7. The van der Waals surface area contributed by atoms with Crippen LogP contribution in [-0.4, -0.2) is 24.2 Å². The number of hydrogen-bond donors (Lipinski definition) is 2. The van der Waals surface area contributed by atoms with E-state index in [4.69, 9.17) is 5.11 Å². The Labute approximate surface area is 131 Å². The van der Waals surface area contributed by atoms with E-state index >= 15 is 0 Å². The van der Waals surface area contributed by atoms with Crippen LogP contribution in [0.2, 0.25) is 0 Å². The molecule has 0 radical (unpaired) electrons. The molecule has 6 heteroatoms. The lowest BCUT2D eigenvalue weighted by Crippen LogP contribution is -2.26. The molecule has 118 valence electrons. The number of halogens is 2. The SMILES string of the molecule is O=C(NCCC(CCO)c1cccs1)c1ccc(F)c(F)c1. The highest BCUT2D eigenvalue weighted by molar-refractivity contribution is 7.10. The largest absolute Gasteiger partial charge is 0.396 e. The van der Waals surface area contributed by atoms with Crippen LogP contribution in [0.15, 0.2) is 35.7 Å². The molecule has 2 rings (SSSR count). The second-order valence-corrected chi connectivity index (χ2v) is 5.88. The normalized spacial score (nSPS) is 12.1. The maximum Gasteiger partial charge on any atom is 0.251 e. The van der Waals surface area contributed by atoms with Gasteiger partial charge in [-0.1, -0.05) is 6.07 Å². The Bertz CT molecular complexity index is 617. The van der Waals surface area contributed by atoms with Crippen molar-refractivity contribution in [2.75, 3.05) is 13.2 Å². The fraction of sp³-hybridized carbons (Fsp3) is 0.312. The Hall–Kier alpha value is -1.79. The lowest BCUT2D eigenvalue weighted by atomic mass is 10.00. The molecule has 0 aliphatic rings. The number of benzene rings is 1. The molecule has 0 saturated heterocycles. The van der Waals surface area contributed by atoms with Gasteiger partial charge in [0.1, 0.15) is 0 Å². The number of aliphatic hydroxyl groups excluding tert-OH is 1. The van der Waals surface area contributed by atoms with Crippen LogP contribution in [0.5, 0.6) is 0 Å². The van der Waals surface area contributed by atoms with Crippen molar-refractivity contribution in [2.45, 2.75) is 18.8 Å². The molecule has 3 nitrogen and oxygen atoms in total. The van der Waals surface area contributed by atoms with Crippen LogP contribution in [0.1, 0.15) is 34.0 Å². The molecular weight excluding hydrogens is 308 g/mol. The molecule has 1 aromatic heterocycles. The van der Waals surface area contributed by atoms with Crippen LogP contribution in [0.4, 0.5) is 8.78 Å². The summed E-state index contributed by atoms with van der Waals surface area (Å²) in [5.41, 5.74) is 0.0914. The van der Waals surface area contributed by atoms with Gasteiger partial charge in [-0.25, -0.2) is 8.78 Å². The van der Waals surface area contributed by atoms with Gasteiger partial charge in [0, 0.05) is 23.6 Å². The van der Waals surface area contributed by atoms with Crippen molar-refractivity contribution in [3.8, 4) is 0 Å². The Morgan fingerprint density at radius 1 is 1.23 bits per heavy atom.